The second kappa shape index (κ2) is 5.52. The maximum atomic E-state index is 11.7. The Labute approximate surface area is 111 Å². The number of hydrogen-bond acceptors (Lipinski definition) is 4. The molecule has 1 aliphatic heterocycles. The summed E-state index contributed by atoms with van der Waals surface area (Å²) in [6.45, 7) is 3.66. The predicted octanol–water partition coefficient (Wildman–Crippen LogP) is 2.88. The zero-order valence-electron chi connectivity index (χ0n) is 10.9. The number of carbonyl (C=O) groups is 1. The lowest BCUT2D eigenvalue weighted by molar-refractivity contribution is -0.138. The molecule has 4 heteroatoms. The van der Waals surface area contributed by atoms with E-state index < -0.39 is 5.97 Å². The summed E-state index contributed by atoms with van der Waals surface area (Å²) in [5.41, 5.74) is 1.90. The van der Waals surface area contributed by atoms with Gasteiger partial charge in [0.15, 0.2) is 5.76 Å². The van der Waals surface area contributed by atoms with Crippen LogP contribution < -0.4 is 0 Å². The van der Waals surface area contributed by atoms with E-state index in [1.54, 1.807) is 19.9 Å². The zero-order valence-corrected chi connectivity index (χ0v) is 10.9. The van der Waals surface area contributed by atoms with E-state index >= 15 is 0 Å². The van der Waals surface area contributed by atoms with Gasteiger partial charge in [-0.25, -0.2) is 9.79 Å². The molecule has 0 fully saturated rings. The molecule has 0 saturated heterocycles. The number of hydrogen-bond donors (Lipinski definition) is 1. The summed E-state index contributed by atoms with van der Waals surface area (Å²) in [5, 5.41) is 10.1. The van der Waals surface area contributed by atoms with Crippen molar-refractivity contribution < 1.29 is 14.6 Å². The third kappa shape index (κ3) is 2.73. The molecule has 0 saturated carbocycles. The van der Waals surface area contributed by atoms with Crippen LogP contribution in [0.25, 0.3) is 6.08 Å². The van der Waals surface area contributed by atoms with E-state index in [4.69, 9.17) is 4.74 Å². The van der Waals surface area contributed by atoms with Crippen LogP contribution in [0.3, 0.4) is 0 Å². The van der Waals surface area contributed by atoms with E-state index in [2.05, 4.69) is 4.99 Å². The Bertz CT molecular complexity index is 583. The summed E-state index contributed by atoms with van der Waals surface area (Å²) in [7, 11) is 0. The lowest BCUT2D eigenvalue weighted by atomic mass is 10.1. The first-order valence-electron chi connectivity index (χ1n) is 6.06. The van der Waals surface area contributed by atoms with Crippen molar-refractivity contribution in [1.29, 1.82) is 0 Å². The Morgan fingerprint density at radius 3 is 2.68 bits per heavy atom. The highest BCUT2D eigenvalue weighted by Crippen LogP contribution is 2.26. The smallest absolute Gasteiger partial charge is 0.343 e. The van der Waals surface area contributed by atoms with Crippen LogP contribution in [0.5, 0.6) is 0 Å². The molecule has 0 bridgehead atoms. The van der Waals surface area contributed by atoms with Crippen molar-refractivity contribution in [1.82, 2.24) is 0 Å². The molecule has 4 nitrogen and oxygen atoms in total. The van der Waals surface area contributed by atoms with Crippen molar-refractivity contribution in [2.24, 2.45) is 4.99 Å². The molecule has 1 aromatic rings. The topological polar surface area (TPSA) is 58.9 Å². The van der Waals surface area contributed by atoms with Crippen LogP contribution >= 0.6 is 0 Å². The Morgan fingerprint density at radius 2 is 2.05 bits per heavy atom. The average Bonchev–Trinajstić information content (AvgIpc) is 2.66. The lowest BCUT2D eigenvalue weighted by Crippen LogP contribution is -2.13. The molecule has 0 aliphatic carbocycles. The summed E-state index contributed by atoms with van der Waals surface area (Å²) in [5.74, 6) is -0.669. The van der Waals surface area contributed by atoms with E-state index in [-0.39, 0.29) is 17.9 Å². The van der Waals surface area contributed by atoms with Gasteiger partial charge in [0, 0.05) is 0 Å². The van der Waals surface area contributed by atoms with Gasteiger partial charge in [-0.05, 0) is 25.5 Å². The van der Waals surface area contributed by atoms with Gasteiger partial charge in [0.1, 0.15) is 11.3 Å². The van der Waals surface area contributed by atoms with Crippen molar-refractivity contribution in [3.63, 3.8) is 0 Å². The van der Waals surface area contributed by atoms with Gasteiger partial charge in [-0.2, -0.15) is 0 Å². The van der Waals surface area contributed by atoms with Gasteiger partial charge in [-0.3, -0.25) is 0 Å². The molecule has 0 atom stereocenters. The van der Waals surface area contributed by atoms with Gasteiger partial charge in [0.2, 0.25) is 0 Å². The van der Waals surface area contributed by atoms with E-state index in [0.29, 0.717) is 11.4 Å². The fraction of sp³-hybridized carbons (Fsp3) is 0.200. The second-order valence-electron chi connectivity index (χ2n) is 4.08. The van der Waals surface area contributed by atoms with Crippen molar-refractivity contribution in [2.75, 3.05) is 6.61 Å². The zero-order chi connectivity index (χ0) is 13.8. The normalized spacial score (nSPS) is 16.7. The minimum atomic E-state index is -0.544. The summed E-state index contributed by atoms with van der Waals surface area (Å²) < 4.78 is 4.90. The van der Waals surface area contributed by atoms with Crippen molar-refractivity contribution >= 4 is 17.8 Å². The first-order valence-corrected chi connectivity index (χ1v) is 6.06. The van der Waals surface area contributed by atoms with E-state index in [0.717, 1.165) is 5.56 Å². The van der Waals surface area contributed by atoms with Gasteiger partial charge >= 0.3 is 5.97 Å². The number of esters is 1. The average molecular weight is 257 g/mol. The monoisotopic (exact) mass is 257 g/mol. The molecule has 0 aromatic heterocycles. The van der Waals surface area contributed by atoms with Crippen LogP contribution in [-0.4, -0.2) is 23.4 Å². The number of rotatable bonds is 3. The first kappa shape index (κ1) is 13.1. The van der Waals surface area contributed by atoms with Crippen LogP contribution in [-0.2, 0) is 9.53 Å². The number of benzene rings is 1. The number of aliphatic hydroxyl groups is 1. The molecule has 19 heavy (non-hydrogen) atoms. The molecule has 0 amide bonds. The molecule has 0 unspecified atom stereocenters. The Hall–Kier alpha value is -2.36. The van der Waals surface area contributed by atoms with Crippen LogP contribution in [0.4, 0.5) is 0 Å². The number of carbonyl (C=O) groups excluding carboxylic acids is 1. The predicted molar refractivity (Wildman–Crippen MR) is 73.8 cm³/mol. The molecule has 98 valence electrons. The highest BCUT2D eigenvalue weighted by Gasteiger charge is 2.27. The van der Waals surface area contributed by atoms with E-state index in [1.165, 1.54) is 0 Å². The first-order chi connectivity index (χ1) is 9.13. The highest BCUT2D eigenvalue weighted by atomic mass is 16.5. The van der Waals surface area contributed by atoms with Crippen LogP contribution in [0.1, 0.15) is 19.4 Å². The van der Waals surface area contributed by atoms with Crippen molar-refractivity contribution in [3.8, 4) is 0 Å². The fourth-order valence-corrected chi connectivity index (χ4v) is 1.84. The van der Waals surface area contributed by atoms with E-state index in [9.17, 15) is 9.90 Å². The molecule has 0 radical (unpaired) electrons. The van der Waals surface area contributed by atoms with Gasteiger partial charge < -0.3 is 9.84 Å². The van der Waals surface area contributed by atoms with Gasteiger partial charge in [0.05, 0.1) is 12.3 Å². The number of aliphatic imine (C=N–C) groups is 1. The molecule has 1 N–H and O–H groups in total. The summed E-state index contributed by atoms with van der Waals surface area (Å²) in [6, 6.07) is 9.49. The third-order valence-electron chi connectivity index (χ3n) is 2.71. The standard InChI is InChI=1S/C15H15NO3/c1-3-19-15(18)13-10(2)16-12(14(13)17)9-11-7-5-4-6-8-11/h4-9,17H,3H2,1-2H3/b12-9-. The molecular weight excluding hydrogens is 242 g/mol. The van der Waals surface area contributed by atoms with Crippen LogP contribution in [0, 0.1) is 0 Å². The number of ether oxygens (including phenoxy) is 1. The highest BCUT2D eigenvalue weighted by molar-refractivity contribution is 6.22. The third-order valence-corrected chi connectivity index (χ3v) is 2.71. The maximum Gasteiger partial charge on any atom is 0.343 e. The summed E-state index contributed by atoms with van der Waals surface area (Å²) >= 11 is 0. The summed E-state index contributed by atoms with van der Waals surface area (Å²) in [6.07, 6.45) is 1.73. The van der Waals surface area contributed by atoms with Crippen molar-refractivity contribution in [2.45, 2.75) is 13.8 Å². The van der Waals surface area contributed by atoms with Gasteiger partial charge in [0.25, 0.3) is 0 Å². The minimum Gasteiger partial charge on any atom is -0.505 e. The number of aliphatic hydroxyl groups excluding tert-OH is 1. The maximum absolute atomic E-state index is 11.7. The van der Waals surface area contributed by atoms with E-state index in [1.807, 2.05) is 30.3 Å². The Kier molecular flexibility index (Phi) is 3.80. The molecule has 1 aromatic carbocycles. The Balaban J connectivity index is 2.36. The van der Waals surface area contributed by atoms with Crippen LogP contribution in [0.2, 0.25) is 0 Å². The molecule has 1 heterocycles. The minimum absolute atomic E-state index is 0.125. The van der Waals surface area contributed by atoms with Crippen LogP contribution in [0.15, 0.2) is 52.4 Å². The van der Waals surface area contributed by atoms with Crippen molar-refractivity contribution in [3.05, 3.63) is 52.9 Å². The second-order valence-corrected chi connectivity index (χ2v) is 4.08. The molecule has 0 spiro atoms. The quantitative estimate of drug-likeness (QED) is 0.847. The van der Waals surface area contributed by atoms with Gasteiger partial charge in [-0.1, -0.05) is 30.3 Å². The lowest BCUT2D eigenvalue weighted by Gasteiger charge is -2.02. The molecule has 2 rings (SSSR count). The molecule has 1 aliphatic rings. The van der Waals surface area contributed by atoms with Gasteiger partial charge in [-0.15, -0.1) is 0 Å². The molecular formula is C15H15NO3. The summed E-state index contributed by atoms with van der Waals surface area (Å²) in [4.78, 5) is 15.9. The largest absolute Gasteiger partial charge is 0.505 e. The SMILES string of the molecule is CCOC(=O)C1=C(O)/C(=C/c2ccccc2)N=C1C. The Morgan fingerprint density at radius 1 is 1.37 bits per heavy atom. The number of nitrogens with zero attached hydrogens (tertiary/aromatic N) is 1. The fourth-order valence-electron chi connectivity index (χ4n) is 1.84.